The van der Waals surface area contributed by atoms with Gasteiger partial charge in [0.1, 0.15) is 0 Å². The van der Waals surface area contributed by atoms with Crippen LogP contribution >= 0.6 is 0 Å². The van der Waals surface area contributed by atoms with E-state index in [0.717, 1.165) is 0 Å². The summed E-state index contributed by atoms with van der Waals surface area (Å²) in [5.41, 5.74) is 5.30. The highest BCUT2D eigenvalue weighted by atomic mass is 16.6. The van der Waals surface area contributed by atoms with Gasteiger partial charge in [0.15, 0.2) is 0 Å². The monoisotopic (exact) mass is 368 g/mol. The average molecular weight is 368 g/mol. The first-order chi connectivity index (χ1) is 13.0. The highest BCUT2D eigenvalue weighted by molar-refractivity contribution is 6.01. The standard InChI is InChI=1S/C18H16N4O5/c23-16-10-13(11-21(16)14-4-2-1-3-5-14)18(25)20-19-17(24)12-6-8-15(9-7-12)22(26)27/h1-9,13H,10-11H2,(H,19,24)(H,20,25)/t13-/m1/s1. The summed E-state index contributed by atoms with van der Waals surface area (Å²) < 4.78 is 0. The third kappa shape index (κ3) is 4.09. The maximum Gasteiger partial charge on any atom is 0.269 e. The summed E-state index contributed by atoms with van der Waals surface area (Å²) in [4.78, 5) is 48.0. The van der Waals surface area contributed by atoms with E-state index >= 15 is 0 Å². The fourth-order valence-corrected chi connectivity index (χ4v) is 2.77. The average Bonchev–Trinajstić information content (AvgIpc) is 3.08. The summed E-state index contributed by atoms with van der Waals surface area (Å²) in [5.74, 6) is -1.84. The number of benzene rings is 2. The fraction of sp³-hybridized carbons (Fsp3) is 0.167. The largest absolute Gasteiger partial charge is 0.312 e. The minimum atomic E-state index is -0.609. The number of carbonyl (C=O) groups excluding carboxylic acids is 3. The third-order valence-electron chi connectivity index (χ3n) is 4.20. The molecule has 2 N–H and O–H groups in total. The highest BCUT2D eigenvalue weighted by Crippen LogP contribution is 2.24. The number of amides is 3. The smallest absolute Gasteiger partial charge is 0.269 e. The van der Waals surface area contributed by atoms with Gasteiger partial charge >= 0.3 is 0 Å². The van der Waals surface area contributed by atoms with Crippen molar-refractivity contribution in [1.82, 2.24) is 10.9 Å². The maximum atomic E-state index is 12.3. The molecule has 0 radical (unpaired) electrons. The van der Waals surface area contributed by atoms with Crippen molar-refractivity contribution < 1.29 is 19.3 Å². The molecule has 3 amide bonds. The van der Waals surface area contributed by atoms with Gasteiger partial charge in [0, 0.05) is 36.3 Å². The van der Waals surface area contributed by atoms with Crippen molar-refractivity contribution >= 4 is 29.1 Å². The van der Waals surface area contributed by atoms with E-state index < -0.39 is 22.7 Å². The molecule has 0 spiro atoms. The molecule has 3 rings (SSSR count). The van der Waals surface area contributed by atoms with Gasteiger partial charge in [-0.25, -0.2) is 0 Å². The van der Waals surface area contributed by atoms with E-state index in [-0.39, 0.29) is 30.1 Å². The van der Waals surface area contributed by atoms with E-state index in [1.54, 1.807) is 24.3 Å². The molecule has 9 heteroatoms. The van der Waals surface area contributed by atoms with Crippen molar-refractivity contribution in [2.24, 2.45) is 5.92 Å². The molecule has 1 aliphatic heterocycles. The number of carbonyl (C=O) groups is 3. The summed E-state index contributed by atoms with van der Waals surface area (Å²) in [5, 5.41) is 10.6. The normalized spacial score (nSPS) is 16.1. The summed E-state index contributed by atoms with van der Waals surface area (Å²) >= 11 is 0. The second-order valence-electron chi connectivity index (χ2n) is 5.99. The van der Waals surface area contributed by atoms with Crippen LogP contribution in [0.2, 0.25) is 0 Å². The van der Waals surface area contributed by atoms with Gasteiger partial charge in [-0.3, -0.25) is 35.3 Å². The van der Waals surface area contributed by atoms with Crippen LogP contribution in [0.25, 0.3) is 0 Å². The van der Waals surface area contributed by atoms with E-state index in [1.807, 2.05) is 6.07 Å². The summed E-state index contributed by atoms with van der Waals surface area (Å²) in [7, 11) is 0. The number of nitrogens with one attached hydrogen (secondary N) is 2. The molecular formula is C18H16N4O5. The van der Waals surface area contributed by atoms with Crippen molar-refractivity contribution in [1.29, 1.82) is 0 Å². The lowest BCUT2D eigenvalue weighted by Crippen LogP contribution is -2.45. The molecule has 1 aliphatic rings. The highest BCUT2D eigenvalue weighted by Gasteiger charge is 2.35. The summed E-state index contributed by atoms with van der Waals surface area (Å²) in [6, 6.07) is 14.0. The summed E-state index contributed by atoms with van der Waals surface area (Å²) in [6.07, 6.45) is 0.0497. The van der Waals surface area contributed by atoms with Crippen LogP contribution in [-0.4, -0.2) is 29.2 Å². The minimum absolute atomic E-state index is 0.0497. The summed E-state index contributed by atoms with van der Waals surface area (Å²) in [6.45, 7) is 0.224. The van der Waals surface area contributed by atoms with E-state index in [0.29, 0.717) is 5.69 Å². The molecule has 9 nitrogen and oxygen atoms in total. The number of non-ortho nitro benzene ring substituents is 1. The zero-order valence-electron chi connectivity index (χ0n) is 14.1. The van der Waals surface area contributed by atoms with E-state index in [4.69, 9.17) is 0 Å². The van der Waals surface area contributed by atoms with Gasteiger partial charge in [-0.1, -0.05) is 18.2 Å². The van der Waals surface area contributed by atoms with Crippen molar-refractivity contribution in [2.75, 3.05) is 11.4 Å². The Morgan fingerprint density at radius 3 is 2.33 bits per heavy atom. The number of hydrazine groups is 1. The maximum absolute atomic E-state index is 12.3. The van der Waals surface area contributed by atoms with Crippen LogP contribution in [0.5, 0.6) is 0 Å². The van der Waals surface area contributed by atoms with Gasteiger partial charge in [0.2, 0.25) is 11.8 Å². The molecule has 2 aromatic carbocycles. The quantitative estimate of drug-likeness (QED) is 0.624. The Morgan fingerprint density at radius 1 is 1.04 bits per heavy atom. The topological polar surface area (TPSA) is 122 Å². The van der Waals surface area contributed by atoms with Crippen LogP contribution in [0, 0.1) is 16.0 Å². The molecule has 0 bridgehead atoms. The van der Waals surface area contributed by atoms with Crippen LogP contribution < -0.4 is 15.8 Å². The molecule has 0 aromatic heterocycles. The molecule has 1 atom stereocenters. The molecule has 0 aliphatic carbocycles. The first-order valence-electron chi connectivity index (χ1n) is 8.16. The number of nitrogens with zero attached hydrogens (tertiary/aromatic N) is 2. The number of nitro benzene ring substituents is 1. The third-order valence-corrected chi connectivity index (χ3v) is 4.20. The van der Waals surface area contributed by atoms with E-state index in [1.165, 1.54) is 29.2 Å². The minimum Gasteiger partial charge on any atom is -0.312 e. The van der Waals surface area contributed by atoms with Gasteiger partial charge in [0.05, 0.1) is 10.8 Å². The van der Waals surface area contributed by atoms with Crippen LogP contribution in [0.1, 0.15) is 16.8 Å². The Hall–Kier alpha value is -3.75. The fourth-order valence-electron chi connectivity index (χ4n) is 2.77. The second kappa shape index (κ2) is 7.65. The molecule has 138 valence electrons. The molecule has 1 heterocycles. The Balaban J connectivity index is 1.55. The first-order valence-corrected chi connectivity index (χ1v) is 8.16. The number of rotatable bonds is 4. The Morgan fingerprint density at radius 2 is 1.70 bits per heavy atom. The lowest BCUT2D eigenvalue weighted by atomic mass is 10.1. The van der Waals surface area contributed by atoms with Gasteiger partial charge in [-0.2, -0.15) is 0 Å². The van der Waals surface area contributed by atoms with E-state index in [2.05, 4.69) is 10.9 Å². The number of anilines is 1. The first kappa shape index (κ1) is 18.1. The molecule has 1 saturated heterocycles. The van der Waals surface area contributed by atoms with Crippen molar-refractivity contribution in [3.05, 3.63) is 70.3 Å². The van der Waals surface area contributed by atoms with Crippen LogP contribution in [-0.2, 0) is 9.59 Å². The van der Waals surface area contributed by atoms with Gasteiger partial charge in [0.25, 0.3) is 11.6 Å². The lowest BCUT2D eigenvalue weighted by molar-refractivity contribution is -0.384. The zero-order valence-corrected chi connectivity index (χ0v) is 14.1. The predicted octanol–water partition coefficient (Wildman–Crippen LogP) is 1.41. The number of nitro groups is 1. The second-order valence-corrected chi connectivity index (χ2v) is 5.99. The number of hydrogen-bond donors (Lipinski definition) is 2. The number of hydrogen-bond acceptors (Lipinski definition) is 5. The molecule has 1 fully saturated rings. The Bertz CT molecular complexity index is 882. The van der Waals surface area contributed by atoms with Gasteiger partial charge in [-0.05, 0) is 24.3 Å². The molecule has 2 aromatic rings. The number of para-hydroxylation sites is 1. The molecule has 27 heavy (non-hydrogen) atoms. The van der Waals surface area contributed by atoms with Crippen LogP contribution in [0.4, 0.5) is 11.4 Å². The zero-order chi connectivity index (χ0) is 19.4. The Labute approximate surface area is 154 Å². The van der Waals surface area contributed by atoms with Crippen molar-refractivity contribution in [3.8, 4) is 0 Å². The Kier molecular flexibility index (Phi) is 5.11. The van der Waals surface area contributed by atoms with Crippen LogP contribution in [0.15, 0.2) is 54.6 Å². The molecular weight excluding hydrogens is 352 g/mol. The molecule has 0 saturated carbocycles. The molecule has 0 unspecified atom stereocenters. The van der Waals surface area contributed by atoms with Crippen molar-refractivity contribution in [2.45, 2.75) is 6.42 Å². The lowest BCUT2D eigenvalue weighted by Gasteiger charge is -2.16. The van der Waals surface area contributed by atoms with Gasteiger partial charge < -0.3 is 4.90 Å². The van der Waals surface area contributed by atoms with Crippen molar-refractivity contribution in [3.63, 3.8) is 0 Å². The predicted molar refractivity (Wildman–Crippen MR) is 95.6 cm³/mol. The SMILES string of the molecule is O=C(NNC(=O)[C@@H]1CC(=O)N(c2ccccc2)C1)c1ccc([N+](=O)[O-])cc1. The van der Waals surface area contributed by atoms with Gasteiger partial charge in [-0.15, -0.1) is 0 Å². The van der Waals surface area contributed by atoms with Crippen LogP contribution in [0.3, 0.4) is 0 Å². The van der Waals surface area contributed by atoms with E-state index in [9.17, 15) is 24.5 Å².